The van der Waals surface area contributed by atoms with Gasteiger partial charge >= 0.3 is 0 Å². The first-order valence-electron chi connectivity index (χ1n) is 11.9. The van der Waals surface area contributed by atoms with Crippen molar-refractivity contribution in [3.63, 3.8) is 0 Å². The first-order valence-corrected chi connectivity index (χ1v) is 11.9. The number of hydrazine groups is 2. The van der Waals surface area contributed by atoms with Gasteiger partial charge in [-0.3, -0.25) is 10.2 Å². The molecule has 0 aromatic heterocycles. The zero-order valence-corrected chi connectivity index (χ0v) is 20.5. The molecule has 3 aliphatic rings. The molecule has 9 nitrogen and oxygen atoms in total. The Balaban J connectivity index is 1.37. The van der Waals surface area contributed by atoms with Crippen LogP contribution < -0.4 is 36.6 Å². The number of amides is 1. The van der Waals surface area contributed by atoms with E-state index in [2.05, 4.69) is 59.6 Å². The summed E-state index contributed by atoms with van der Waals surface area (Å²) in [6.45, 7) is 12.6. The molecule has 1 fully saturated rings. The predicted molar refractivity (Wildman–Crippen MR) is 132 cm³/mol. The molecular weight excluding hydrogens is 432 g/mol. The molecule has 0 saturated heterocycles. The third kappa shape index (κ3) is 4.99. The molecule has 9 heteroatoms. The molecule has 34 heavy (non-hydrogen) atoms. The number of rotatable bonds is 11. The van der Waals surface area contributed by atoms with Crippen LogP contribution in [-0.4, -0.2) is 30.6 Å². The lowest BCUT2D eigenvalue weighted by Gasteiger charge is -2.34. The molecule has 1 aliphatic carbocycles. The Kier molecular flexibility index (Phi) is 6.74. The summed E-state index contributed by atoms with van der Waals surface area (Å²) in [7, 11) is 0. The van der Waals surface area contributed by atoms with Gasteiger partial charge < -0.3 is 20.1 Å². The number of allylic oxidation sites excluding steroid dienone is 3. The van der Waals surface area contributed by atoms with Crippen LogP contribution in [0.5, 0.6) is 11.5 Å². The highest BCUT2D eigenvalue weighted by molar-refractivity contribution is 5.91. The van der Waals surface area contributed by atoms with Crippen molar-refractivity contribution in [3.8, 4) is 11.5 Å². The van der Waals surface area contributed by atoms with E-state index < -0.39 is 5.41 Å². The minimum Gasteiger partial charge on any atom is -0.454 e. The fraction of sp³-hybridized carbons (Fsp3) is 0.520. The molecule has 5 N–H and O–H groups in total. The Morgan fingerprint density at radius 3 is 2.65 bits per heavy atom. The van der Waals surface area contributed by atoms with E-state index in [1.807, 2.05) is 31.2 Å². The highest BCUT2D eigenvalue weighted by Crippen LogP contribution is 2.50. The van der Waals surface area contributed by atoms with E-state index in [9.17, 15) is 4.79 Å². The van der Waals surface area contributed by atoms with Crippen LogP contribution in [0.4, 0.5) is 0 Å². The molecule has 0 spiro atoms. The van der Waals surface area contributed by atoms with Crippen LogP contribution >= 0.6 is 0 Å². The predicted octanol–water partition coefficient (Wildman–Crippen LogP) is 2.73. The second kappa shape index (κ2) is 9.58. The van der Waals surface area contributed by atoms with Crippen LogP contribution in [0, 0.1) is 5.41 Å². The van der Waals surface area contributed by atoms with Gasteiger partial charge in [-0.2, -0.15) is 0 Å². The Hall–Kier alpha value is -3.20. The molecule has 184 valence electrons. The quantitative estimate of drug-likeness (QED) is 0.318. The maximum atomic E-state index is 13.3. The fourth-order valence-corrected chi connectivity index (χ4v) is 4.30. The molecule has 0 radical (unpaired) electrons. The standard InChI is InChI=1S/C25H36N6O3/c1-6-7-21(24(4,5)11-10-22-28-30-31-29-22)26-16(2)17(3)27-23(32)25(12-13-25)18-8-9-19-20(14-18)34-15-33-19/h6-9,14,16-17,26,30-31H,1,10-13,15H2,2-5H3,(H,27,32)(H,28,29)/b21-7-/t16?,17-/m0/s1. The number of benzene rings is 1. The van der Waals surface area contributed by atoms with E-state index in [1.54, 1.807) is 6.08 Å². The maximum absolute atomic E-state index is 13.3. The Labute approximate surface area is 201 Å². The lowest BCUT2D eigenvalue weighted by molar-refractivity contribution is -0.124. The zero-order valence-electron chi connectivity index (χ0n) is 20.5. The van der Waals surface area contributed by atoms with Crippen LogP contribution in [0.15, 0.2) is 47.7 Å². The van der Waals surface area contributed by atoms with E-state index >= 15 is 0 Å². The van der Waals surface area contributed by atoms with E-state index in [1.165, 1.54) is 0 Å². The van der Waals surface area contributed by atoms with Gasteiger partial charge in [-0.1, -0.05) is 32.6 Å². The summed E-state index contributed by atoms with van der Waals surface area (Å²) in [6.07, 6.45) is 7.16. The second-order valence-electron chi connectivity index (χ2n) is 9.97. The molecule has 1 unspecified atom stereocenters. The van der Waals surface area contributed by atoms with Gasteiger partial charge in [0.15, 0.2) is 11.5 Å². The molecule has 1 aromatic carbocycles. The SMILES string of the molecule is C=C/C=C(\NC(C)[C@H](C)NC(=O)C1(c2ccc3c(c2)OCO3)CC1)C(C)(C)CCC1=NNNN1. The first kappa shape index (κ1) is 23.9. The lowest BCUT2D eigenvalue weighted by Crippen LogP contribution is -2.50. The van der Waals surface area contributed by atoms with Crippen molar-refractivity contribution in [2.75, 3.05) is 6.79 Å². The third-order valence-electron chi connectivity index (χ3n) is 7.06. The maximum Gasteiger partial charge on any atom is 0.231 e. The molecule has 2 atom stereocenters. The van der Waals surface area contributed by atoms with Gasteiger partial charge in [0.05, 0.1) is 5.41 Å². The summed E-state index contributed by atoms with van der Waals surface area (Å²) >= 11 is 0. The van der Waals surface area contributed by atoms with Gasteiger partial charge in [-0.15, -0.1) is 10.6 Å². The first-order chi connectivity index (χ1) is 16.2. The van der Waals surface area contributed by atoms with Crippen molar-refractivity contribution in [1.29, 1.82) is 0 Å². The van der Waals surface area contributed by atoms with Crippen LogP contribution in [0.1, 0.15) is 58.9 Å². The largest absolute Gasteiger partial charge is 0.454 e. The van der Waals surface area contributed by atoms with Crippen molar-refractivity contribution >= 4 is 11.7 Å². The number of ether oxygens (including phenoxy) is 2. The van der Waals surface area contributed by atoms with Crippen LogP contribution in [0.3, 0.4) is 0 Å². The summed E-state index contributed by atoms with van der Waals surface area (Å²) < 4.78 is 10.9. The van der Waals surface area contributed by atoms with Gasteiger partial charge in [0.1, 0.15) is 5.84 Å². The van der Waals surface area contributed by atoms with Gasteiger partial charge in [0, 0.05) is 29.6 Å². The second-order valence-corrected chi connectivity index (χ2v) is 9.97. The van der Waals surface area contributed by atoms with Crippen LogP contribution in [0.2, 0.25) is 0 Å². The normalized spacial score (nSPS) is 19.9. The number of hydrogen-bond acceptors (Lipinski definition) is 8. The van der Waals surface area contributed by atoms with Gasteiger partial charge in [-0.05, 0) is 56.9 Å². The third-order valence-corrected chi connectivity index (χ3v) is 7.06. The van der Waals surface area contributed by atoms with Gasteiger partial charge in [0.25, 0.3) is 0 Å². The minimum absolute atomic E-state index is 0.0206. The summed E-state index contributed by atoms with van der Waals surface area (Å²) in [5.74, 6) is 2.38. The Morgan fingerprint density at radius 1 is 1.24 bits per heavy atom. The highest BCUT2D eigenvalue weighted by Gasteiger charge is 2.52. The number of amidine groups is 1. The minimum atomic E-state index is -0.481. The molecular formula is C25H36N6O3. The Bertz CT molecular complexity index is 998. The average Bonchev–Trinajstić information content (AvgIpc) is 3.22. The molecule has 1 amide bonds. The van der Waals surface area contributed by atoms with Crippen molar-refractivity contribution < 1.29 is 14.3 Å². The van der Waals surface area contributed by atoms with Crippen molar-refractivity contribution in [2.24, 2.45) is 10.5 Å². The smallest absolute Gasteiger partial charge is 0.231 e. The summed E-state index contributed by atoms with van der Waals surface area (Å²) in [5, 5.41) is 11.0. The number of nitrogens with one attached hydrogen (secondary N) is 5. The van der Waals surface area contributed by atoms with Crippen LogP contribution in [-0.2, 0) is 10.2 Å². The topological polar surface area (TPSA) is 108 Å². The molecule has 4 rings (SSSR count). The summed E-state index contributed by atoms with van der Waals surface area (Å²) in [6, 6.07) is 5.77. The van der Waals surface area contributed by atoms with E-state index in [-0.39, 0.29) is 30.2 Å². The van der Waals surface area contributed by atoms with Crippen LogP contribution in [0.25, 0.3) is 0 Å². The molecule has 1 aromatic rings. The van der Waals surface area contributed by atoms with Gasteiger partial charge in [-0.25, -0.2) is 5.53 Å². The molecule has 1 saturated carbocycles. The van der Waals surface area contributed by atoms with Crippen molar-refractivity contribution in [3.05, 3.63) is 48.2 Å². The number of carbonyl (C=O) groups is 1. The van der Waals surface area contributed by atoms with Gasteiger partial charge in [0.2, 0.25) is 12.7 Å². The number of nitrogens with zero attached hydrogens (tertiary/aromatic N) is 1. The van der Waals surface area contributed by atoms with E-state index in [4.69, 9.17) is 9.47 Å². The number of hydrogen-bond donors (Lipinski definition) is 5. The Morgan fingerprint density at radius 2 is 1.97 bits per heavy atom. The summed E-state index contributed by atoms with van der Waals surface area (Å²) in [4.78, 5) is 13.3. The lowest BCUT2D eigenvalue weighted by atomic mass is 9.83. The number of hydrazone groups is 1. The molecule has 2 heterocycles. The highest BCUT2D eigenvalue weighted by atomic mass is 16.7. The van der Waals surface area contributed by atoms with E-state index in [0.717, 1.165) is 48.5 Å². The average molecular weight is 469 g/mol. The van der Waals surface area contributed by atoms with Crippen molar-refractivity contribution in [2.45, 2.75) is 70.9 Å². The summed E-state index contributed by atoms with van der Waals surface area (Å²) in [5.41, 5.74) is 9.91. The molecule has 0 bridgehead atoms. The molecule has 2 aliphatic heterocycles. The number of fused-ring (bicyclic) bond motifs is 1. The van der Waals surface area contributed by atoms with Crippen molar-refractivity contribution in [1.82, 2.24) is 27.1 Å². The zero-order chi connectivity index (χ0) is 24.3. The number of carbonyl (C=O) groups excluding carboxylic acids is 1. The monoisotopic (exact) mass is 468 g/mol. The fourth-order valence-electron chi connectivity index (χ4n) is 4.30. The van der Waals surface area contributed by atoms with E-state index in [0.29, 0.717) is 5.75 Å².